The van der Waals surface area contributed by atoms with E-state index < -0.39 is 0 Å². The molecule has 0 bridgehead atoms. The van der Waals surface area contributed by atoms with Gasteiger partial charge in [-0.05, 0) is 47.9 Å². The lowest BCUT2D eigenvalue weighted by atomic mass is 10.0. The highest BCUT2D eigenvalue weighted by molar-refractivity contribution is 9.10. The van der Waals surface area contributed by atoms with Crippen LogP contribution in [0.2, 0.25) is 0 Å². The quantitative estimate of drug-likeness (QED) is 0.894. The maximum Gasteiger partial charge on any atom is 0.224 e. The highest BCUT2D eigenvalue weighted by atomic mass is 79.9. The number of benzene rings is 2. The molecule has 1 amide bonds. The van der Waals surface area contributed by atoms with Crippen molar-refractivity contribution in [1.82, 2.24) is 0 Å². The van der Waals surface area contributed by atoms with Gasteiger partial charge in [-0.3, -0.25) is 4.79 Å². The van der Waals surface area contributed by atoms with Gasteiger partial charge < -0.3 is 10.6 Å². The molecule has 0 unspecified atom stereocenters. The number of nitrogens with one attached hydrogen (secondary N) is 2. The molecule has 102 valence electrons. The summed E-state index contributed by atoms with van der Waals surface area (Å²) in [4.78, 5) is 11.3. The lowest BCUT2D eigenvalue weighted by Gasteiger charge is -2.18. The van der Waals surface area contributed by atoms with Crippen LogP contribution < -0.4 is 10.6 Å². The molecule has 0 fully saturated rings. The molecule has 0 atom stereocenters. The summed E-state index contributed by atoms with van der Waals surface area (Å²) in [7, 11) is 0. The third-order valence-corrected chi connectivity index (χ3v) is 3.94. The molecule has 0 aromatic heterocycles. The molecular formula is C16H15BrN2O. The predicted molar refractivity (Wildman–Crippen MR) is 84.9 cm³/mol. The zero-order valence-corrected chi connectivity index (χ0v) is 12.5. The van der Waals surface area contributed by atoms with Crippen LogP contribution in [0.15, 0.2) is 46.9 Å². The molecule has 0 aliphatic carbocycles. The Labute approximate surface area is 126 Å². The summed E-state index contributed by atoms with van der Waals surface area (Å²) in [5.41, 5.74) is 4.46. The van der Waals surface area contributed by atoms with E-state index in [0.717, 1.165) is 28.8 Å². The van der Waals surface area contributed by atoms with Crippen LogP contribution in [0.5, 0.6) is 0 Å². The van der Waals surface area contributed by atoms with Crippen molar-refractivity contribution in [2.75, 3.05) is 10.6 Å². The van der Waals surface area contributed by atoms with Gasteiger partial charge in [-0.1, -0.05) is 28.1 Å². The van der Waals surface area contributed by atoms with Gasteiger partial charge in [-0.2, -0.15) is 0 Å². The second-order valence-corrected chi connectivity index (χ2v) is 5.82. The zero-order valence-electron chi connectivity index (χ0n) is 10.9. The Morgan fingerprint density at radius 1 is 1.10 bits per heavy atom. The number of aryl methyl sites for hydroxylation is 1. The van der Waals surface area contributed by atoms with Gasteiger partial charge in [0.25, 0.3) is 0 Å². The second-order valence-electron chi connectivity index (χ2n) is 4.90. The maximum absolute atomic E-state index is 11.3. The van der Waals surface area contributed by atoms with Crippen LogP contribution in [0, 0.1) is 0 Å². The van der Waals surface area contributed by atoms with E-state index in [9.17, 15) is 4.79 Å². The number of fused-ring (bicyclic) bond motifs is 1. The molecule has 1 heterocycles. The number of amides is 1. The Hall–Kier alpha value is -1.81. The average Bonchev–Trinajstić information content (AvgIpc) is 2.46. The van der Waals surface area contributed by atoms with Crippen LogP contribution >= 0.6 is 15.9 Å². The number of carbonyl (C=O) groups is 1. The molecule has 1 aliphatic heterocycles. The Morgan fingerprint density at radius 2 is 1.90 bits per heavy atom. The van der Waals surface area contributed by atoms with Crippen LogP contribution in [0.3, 0.4) is 0 Å². The number of carbonyl (C=O) groups excluding carboxylic acids is 1. The van der Waals surface area contributed by atoms with Gasteiger partial charge in [0.1, 0.15) is 0 Å². The van der Waals surface area contributed by atoms with Gasteiger partial charge in [0.2, 0.25) is 5.91 Å². The fourth-order valence-corrected chi connectivity index (χ4v) is 2.56. The average molecular weight is 331 g/mol. The Balaban J connectivity index is 1.69. The molecule has 0 radical (unpaired) electrons. The number of hydrogen-bond acceptors (Lipinski definition) is 2. The Morgan fingerprint density at radius 3 is 2.70 bits per heavy atom. The summed E-state index contributed by atoms with van der Waals surface area (Å²) in [6.07, 6.45) is 1.39. The minimum Gasteiger partial charge on any atom is -0.381 e. The predicted octanol–water partition coefficient (Wildman–Crippen LogP) is 3.95. The highest BCUT2D eigenvalue weighted by Crippen LogP contribution is 2.26. The Kier molecular flexibility index (Phi) is 3.74. The van der Waals surface area contributed by atoms with E-state index in [0.29, 0.717) is 6.42 Å². The largest absolute Gasteiger partial charge is 0.381 e. The van der Waals surface area contributed by atoms with E-state index in [1.54, 1.807) is 0 Å². The van der Waals surface area contributed by atoms with Gasteiger partial charge in [0, 0.05) is 28.8 Å². The normalized spacial score (nSPS) is 13.6. The lowest BCUT2D eigenvalue weighted by Crippen LogP contribution is -2.18. The first kappa shape index (κ1) is 13.2. The lowest BCUT2D eigenvalue weighted by molar-refractivity contribution is -0.116. The molecule has 2 aromatic rings. The van der Waals surface area contributed by atoms with Crippen molar-refractivity contribution in [3.8, 4) is 0 Å². The van der Waals surface area contributed by atoms with E-state index in [4.69, 9.17) is 0 Å². The van der Waals surface area contributed by atoms with Crippen molar-refractivity contribution in [3.63, 3.8) is 0 Å². The monoisotopic (exact) mass is 330 g/mol. The van der Waals surface area contributed by atoms with Crippen molar-refractivity contribution in [2.24, 2.45) is 0 Å². The van der Waals surface area contributed by atoms with E-state index in [1.165, 1.54) is 11.1 Å². The fraction of sp³-hybridized carbons (Fsp3) is 0.188. The minimum atomic E-state index is 0.105. The summed E-state index contributed by atoms with van der Waals surface area (Å²) in [5.74, 6) is 0.105. The smallest absolute Gasteiger partial charge is 0.224 e. The highest BCUT2D eigenvalue weighted by Gasteiger charge is 2.14. The number of anilines is 2. The van der Waals surface area contributed by atoms with Crippen molar-refractivity contribution in [1.29, 1.82) is 0 Å². The van der Waals surface area contributed by atoms with Gasteiger partial charge in [0.05, 0.1) is 0 Å². The fourth-order valence-electron chi connectivity index (χ4n) is 2.30. The molecule has 2 aromatic carbocycles. The van der Waals surface area contributed by atoms with Crippen LogP contribution in [0.4, 0.5) is 11.4 Å². The third-order valence-electron chi connectivity index (χ3n) is 3.41. The van der Waals surface area contributed by atoms with E-state index in [-0.39, 0.29) is 5.91 Å². The van der Waals surface area contributed by atoms with E-state index in [2.05, 4.69) is 44.8 Å². The minimum absolute atomic E-state index is 0.105. The van der Waals surface area contributed by atoms with Gasteiger partial charge in [0.15, 0.2) is 0 Å². The molecule has 3 rings (SSSR count). The van der Waals surface area contributed by atoms with Gasteiger partial charge in [-0.15, -0.1) is 0 Å². The number of halogens is 1. The third kappa shape index (κ3) is 3.02. The first-order valence-corrected chi connectivity index (χ1v) is 7.41. The number of rotatable bonds is 3. The van der Waals surface area contributed by atoms with Gasteiger partial charge in [-0.25, -0.2) is 0 Å². The molecular weight excluding hydrogens is 316 g/mol. The summed E-state index contributed by atoms with van der Waals surface area (Å²) in [6, 6.07) is 14.4. The van der Waals surface area contributed by atoms with E-state index >= 15 is 0 Å². The van der Waals surface area contributed by atoms with Crippen molar-refractivity contribution in [2.45, 2.75) is 19.4 Å². The first-order chi connectivity index (χ1) is 9.70. The topological polar surface area (TPSA) is 41.1 Å². The van der Waals surface area contributed by atoms with Crippen molar-refractivity contribution >= 4 is 33.2 Å². The van der Waals surface area contributed by atoms with Crippen LogP contribution in [0.25, 0.3) is 0 Å². The standard InChI is InChI=1S/C16H15BrN2O/c17-13-4-1-11(2-5-13)10-18-14-6-7-15-12(9-14)3-8-16(20)19-15/h1-2,4-7,9,18H,3,8,10H2,(H,19,20). The zero-order chi connectivity index (χ0) is 13.9. The Bertz CT molecular complexity index is 637. The SMILES string of the molecule is O=C1CCc2cc(NCc3ccc(Br)cc3)ccc2N1. The summed E-state index contributed by atoms with van der Waals surface area (Å²) < 4.78 is 1.09. The van der Waals surface area contributed by atoms with Crippen LogP contribution in [-0.2, 0) is 17.8 Å². The summed E-state index contributed by atoms with van der Waals surface area (Å²) in [5, 5.41) is 6.31. The molecule has 20 heavy (non-hydrogen) atoms. The molecule has 2 N–H and O–H groups in total. The first-order valence-electron chi connectivity index (χ1n) is 6.62. The molecule has 0 saturated carbocycles. The molecule has 0 spiro atoms. The van der Waals surface area contributed by atoms with Crippen LogP contribution in [-0.4, -0.2) is 5.91 Å². The maximum atomic E-state index is 11.3. The van der Waals surface area contributed by atoms with E-state index in [1.807, 2.05) is 24.3 Å². The molecule has 0 saturated heterocycles. The van der Waals surface area contributed by atoms with Gasteiger partial charge >= 0.3 is 0 Å². The van der Waals surface area contributed by atoms with Crippen LogP contribution in [0.1, 0.15) is 17.5 Å². The molecule has 1 aliphatic rings. The summed E-state index contributed by atoms with van der Waals surface area (Å²) >= 11 is 3.43. The van der Waals surface area contributed by atoms with Crippen molar-refractivity contribution in [3.05, 3.63) is 58.1 Å². The molecule has 3 nitrogen and oxygen atoms in total. The summed E-state index contributed by atoms with van der Waals surface area (Å²) in [6.45, 7) is 0.790. The number of hydrogen-bond donors (Lipinski definition) is 2. The second kappa shape index (κ2) is 5.67. The van der Waals surface area contributed by atoms with Crippen molar-refractivity contribution < 1.29 is 4.79 Å². The molecule has 4 heteroatoms.